The van der Waals surface area contributed by atoms with Gasteiger partial charge >= 0.3 is 0 Å². The predicted molar refractivity (Wildman–Crippen MR) is 256 cm³/mol. The van der Waals surface area contributed by atoms with Crippen molar-refractivity contribution in [1.82, 2.24) is 9.88 Å². The minimum atomic E-state index is -0.153. The second-order valence-corrected chi connectivity index (χ2v) is 17.1. The van der Waals surface area contributed by atoms with Gasteiger partial charge in [-0.25, -0.2) is 0 Å². The van der Waals surface area contributed by atoms with E-state index < -0.39 is 0 Å². The molecule has 0 fully saturated rings. The first kappa shape index (κ1) is 36.9. The summed E-state index contributed by atoms with van der Waals surface area (Å²) in [4.78, 5) is 2.44. The Labute approximate surface area is 357 Å². The number of rotatable bonds is 8. The third-order valence-corrected chi connectivity index (χ3v) is 13.1. The molecule has 1 unspecified atom stereocenters. The number of anilines is 3. The van der Waals surface area contributed by atoms with Gasteiger partial charge in [0.15, 0.2) is 0 Å². The van der Waals surface area contributed by atoms with Gasteiger partial charge in [0.1, 0.15) is 0 Å². The zero-order chi connectivity index (χ0) is 41.1. The van der Waals surface area contributed by atoms with E-state index in [0.29, 0.717) is 0 Å². The van der Waals surface area contributed by atoms with Crippen molar-refractivity contribution in [2.45, 2.75) is 44.7 Å². The first-order chi connectivity index (χ1) is 29.9. The van der Waals surface area contributed by atoms with E-state index in [9.17, 15) is 0 Å². The number of nitrogens with one attached hydrogen (secondary N) is 1. The van der Waals surface area contributed by atoms with Crippen LogP contribution >= 0.6 is 0 Å². The molecule has 1 aliphatic heterocycles. The van der Waals surface area contributed by atoms with Crippen molar-refractivity contribution in [3.63, 3.8) is 0 Å². The highest BCUT2D eigenvalue weighted by molar-refractivity contribution is 6.22. The summed E-state index contributed by atoms with van der Waals surface area (Å²) in [5, 5.41) is 8.87. The third kappa shape index (κ3) is 6.25. The fourth-order valence-electron chi connectivity index (χ4n) is 10.0. The Morgan fingerprint density at radius 2 is 1.30 bits per heavy atom. The highest BCUT2D eigenvalue weighted by Crippen LogP contribution is 2.52. The third-order valence-electron chi connectivity index (χ3n) is 13.1. The number of hydrogen-bond acceptors (Lipinski definition) is 3. The van der Waals surface area contributed by atoms with Crippen LogP contribution in [0.25, 0.3) is 49.4 Å². The number of benzene rings is 8. The summed E-state index contributed by atoms with van der Waals surface area (Å²) in [5.41, 5.74) is 23.2. The van der Waals surface area contributed by atoms with Crippen LogP contribution in [0.1, 0.15) is 55.0 Å². The molecule has 11 rings (SSSR count). The maximum Gasteiger partial charge on any atom is 0.0596 e. The smallest absolute Gasteiger partial charge is 0.0596 e. The van der Waals surface area contributed by atoms with Crippen LogP contribution in [0.3, 0.4) is 0 Å². The molecule has 1 aromatic heterocycles. The quantitative estimate of drug-likeness (QED) is 0.161. The summed E-state index contributed by atoms with van der Waals surface area (Å²) in [6.45, 7) is 5.43. The summed E-state index contributed by atoms with van der Waals surface area (Å²) < 4.78 is 2.44. The molecule has 0 radical (unpaired) electrons. The first-order valence-corrected chi connectivity index (χ1v) is 21.5. The van der Waals surface area contributed by atoms with Crippen LogP contribution in [-0.2, 0) is 12.0 Å². The van der Waals surface area contributed by atoms with Gasteiger partial charge in [-0.1, -0.05) is 153 Å². The lowest BCUT2D eigenvalue weighted by Gasteiger charge is -2.42. The summed E-state index contributed by atoms with van der Waals surface area (Å²) >= 11 is 0. The van der Waals surface area contributed by atoms with Crippen LogP contribution in [-0.4, -0.2) is 4.57 Å². The number of hydrogen-bond donors (Lipinski definition) is 2. The Hall–Kier alpha value is -7.14. The van der Waals surface area contributed by atoms with Crippen LogP contribution in [0.5, 0.6) is 0 Å². The Balaban J connectivity index is 1.000. The standard InChI is InChI=1S/C57H48N4/c1-57(2)48-22-12-14-24-52(48)61(43-18-7-4-8-19-43)54-36-42(27-32-49(54)57)41-29-33-51-47(35-41)55-45-20-10-9-15-39(45)28-34-53(55)60(51)44-30-25-38(26-31-44)37-59-56(40-16-5-3-6-17-40)46-21-11-13-23-50(46)58/h3-12,14-22,24-36,56,59H,13,23,37,58H2,1-2H3. The molecule has 0 amide bonds. The molecule has 296 valence electrons. The maximum absolute atomic E-state index is 6.59. The minimum Gasteiger partial charge on any atom is -0.402 e. The number of allylic oxidation sites excluding steroid dienone is 2. The molecule has 4 heteroatoms. The molecule has 1 atom stereocenters. The van der Waals surface area contributed by atoms with Crippen molar-refractivity contribution in [3.05, 3.63) is 228 Å². The summed E-state index contributed by atoms with van der Waals surface area (Å²) in [5.74, 6) is 0. The number of nitrogens with zero attached hydrogens (tertiary/aromatic N) is 2. The lowest BCUT2D eigenvalue weighted by Crippen LogP contribution is -2.30. The molecule has 8 aromatic carbocycles. The zero-order valence-corrected chi connectivity index (χ0v) is 34.6. The molecule has 2 heterocycles. The molecule has 0 saturated heterocycles. The highest BCUT2D eigenvalue weighted by atomic mass is 15.2. The number of fused-ring (bicyclic) bond motifs is 7. The van der Waals surface area contributed by atoms with E-state index in [1.165, 1.54) is 82.9 Å². The molecule has 0 spiro atoms. The molecular formula is C57H48N4. The molecule has 2 aliphatic rings. The maximum atomic E-state index is 6.59. The lowest BCUT2D eigenvalue weighted by atomic mass is 9.73. The Kier molecular flexibility index (Phi) is 8.98. The van der Waals surface area contributed by atoms with Gasteiger partial charge in [0.05, 0.1) is 28.5 Å². The van der Waals surface area contributed by atoms with Gasteiger partial charge in [0.2, 0.25) is 0 Å². The second-order valence-electron chi connectivity index (χ2n) is 17.1. The molecular weight excluding hydrogens is 741 g/mol. The predicted octanol–water partition coefficient (Wildman–Crippen LogP) is 14.1. The van der Waals surface area contributed by atoms with E-state index in [2.05, 4.69) is 223 Å². The van der Waals surface area contributed by atoms with E-state index >= 15 is 0 Å². The van der Waals surface area contributed by atoms with Crippen molar-refractivity contribution in [2.75, 3.05) is 4.90 Å². The molecule has 9 aromatic rings. The molecule has 3 N–H and O–H groups in total. The van der Waals surface area contributed by atoms with E-state index in [4.69, 9.17) is 5.73 Å². The Morgan fingerprint density at radius 1 is 0.607 bits per heavy atom. The van der Waals surface area contributed by atoms with Gasteiger partial charge in [-0.3, -0.25) is 0 Å². The first-order valence-electron chi connectivity index (χ1n) is 21.5. The number of para-hydroxylation sites is 2. The fourth-order valence-corrected chi connectivity index (χ4v) is 10.0. The van der Waals surface area contributed by atoms with Gasteiger partial charge in [-0.15, -0.1) is 0 Å². The molecule has 0 bridgehead atoms. The Bertz CT molecular complexity index is 3170. The van der Waals surface area contributed by atoms with E-state index in [-0.39, 0.29) is 11.5 Å². The lowest BCUT2D eigenvalue weighted by molar-refractivity contribution is 0.594. The second kappa shape index (κ2) is 14.8. The van der Waals surface area contributed by atoms with Gasteiger partial charge < -0.3 is 20.5 Å². The number of aromatic nitrogens is 1. The van der Waals surface area contributed by atoms with E-state index in [0.717, 1.165) is 36.5 Å². The highest BCUT2D eigenvalue weighted by Gasteiger charge is 2.37. The van der Waals surface area contributed by atoms with Gasteiger partial charge in [-0.2, -0.15) is 0 Å². The molecule has 61 heavy (non-hydrogen) atoms. The molecule has 1 aliphatic carbocycles. The summed E-state index contributed by atoms with van der Waals surface area (Å²) in [6, 6.07) is 66.8. The van der Waals surface area contributed by atoms with Gasteiger partial charge in [-0.05, 0) is 117 Å². The largest absolute Gasteiger partial charge is 0.402 e. The Morgan fingerprint density at radius 3 is 2.11 bits per heavy atom. The minimum absolute atomic E-state index is 0.0241. The van der Waals surface area contributed by atoms with Crippen LogP contribution in [0.2, 0.25) is 0 Å². The van der Waals surface area contributed by atoms with Crippen LogP contribution in [0, 0.1) is 0 Å². The monoisotopic (exact) mass is 788 g/mol. The van der Waals surface area contributed by atoms with Crippen molar-refractivity contribution >= 4 is 49.6 Å². The molecule has 0 saturated carbocycles. The van der Waals surface area contributed by atoms with Crippen molar-refractivity contribution < 1.29 is 0 Å². The SMILES string of the molecule is CC1(C)c2ccccc2N(c2ccccc2)c2cc(-c3ccc4c(c3)c3c5ccccc5ccc3n4-c3ccc(CNC(C4=C(N)CCC=C4)c4ccccc4)cc3)ccc21. The fraction of sp³-hybridized carbons (Fsp3) is 0.123. The summed E-state index contributed by atoms with van der Waals surface area (Å²) in [6.07, 6.45) is 6.33. The van der Waals surface area contributed by atoms with Gasteiger partial charge in [0.25, 0.3) is 0 Å². The average molecular weight is 789 g/mol. The van der Waals surface area contributed by atoms with E-state index in [1.807, 2.05) is 0 Å². The van der Waals surface area contributed by atoms with Gasteiger partial charge in [0, 0.05) is 39.8 Å². The van der Waals surface area contributed by atoms with Crippen molar-refractivity contribution in [1.29, 1.82) is 0 Å². The average Bonchev–Trinajstić information content (AvgIpc) is 3.65. The van der Waals surface area contributed by atoms with Crippen molar-refractivity contribution in [3.8, 4) is 16.8 Å². The molecule has 4 nitrogen and oxygen atoms in total. The van der Waals surface area contributed by atoms with E-state index in [1.54, 1.807) is 0 Å². The number of nitrogens with two attached hydrogens (primary N) is 1. The van der Waals surface area contributed by atoms with Crippen LogP contribution in [0.4, 0.5) is 17.1 Å². The zero-order valence-electron chi connectivity index (χ0n) is 34.6. The topological polar surface area (TPSA) is 46.2 Å². The summed E-state index contributed by atoms with van der Waals surface area (Å²) in [7, 11) is 0. The normalized spacial score (nSPS) is 15.0. The van der Waals surface area contributed by atoms with Crippen molar-refractivity contribution in [2.24, 2.45) is 5.73 Å². The van der Waals surface area contributed by atoms with Crippen LogP contribution in [0.15, 0.2) is 205 Å². The van der Waals surface area contributed by atoms with Crippen LogP contribution < -0.4 is 16.0 Å².